The number of esters is 1. The molecule has 1 N–H and O–H groups in total. The van der Waals surface area contributed by atoms with Crippen LogP contribution >= 0.6 is 0 Å². The van der Waals surface area contributed by atoms with Crippen LogP contribution in [0.2, 0.25) is 0 Å². The number of nitrogens with one attached hydrogen (secondary N) is 1. The molecular formula is C30H36F2N2O4. The van der Waals surface area contributed by atoms with E-state index in [0.29, 0.717) is 31.5 Å². The largest absolute Gasteiger partial charge is 0.460 e. The minimum absolute atomic E-state index is 0.0219. The Morgan fingerprint density at radius 2 is 1.82 bits per heavy atom. The van der Waals surface area contributed by atoms with E-state index >= 15 is 0 Å². The lowest BCUT2D eigenvalue weighted by molar-refractivity contribution is -0.167. The molecule has 0 saturated carbocycles. The van der Waals surface area contributed by atoms with E-state index in [1.165, 1.54) is 6.07 Å². The van der Waals surface area contributed by atoms with E-state index in [9.17, 15) is 23.2 Å². The summed E-state index contributed by atoms with van der Waals surface area (Å²) in [7, 11) is 0. The molecule has 204 valence electrons. The van der Waals surface area contributed by atoms with Crippen molar-refractivity contribution in [1.82, 2.24) is 10.2 Å². The SMILES string of the molecule is C=C(C)C1(C(CCNC(=O)c2ccc(F)c(F)c2)C(=O)OC(C)(C)C)CCN(CCc2ccccc2)C1=O. The monoisotopic (exact) mass is 526 g/mol. The Hall–Kier alpha value is -3.55. The Labute approximate surface area is 223 Å². The molecule has 1 aliphatic heterocycles. The zero-order valence-electron chi connectivity index (χ0n) is 22.5. The van der Waals surface area contributed by atoms with E-state index in [-0.39, 0.29) is 24.4 Å². The van der Waals surface area contributed by atoms with Crippen LogP contribution in [0.4, 0.5) is 8.78 Å². The molecule has 0 spiro atoms. The third kappa shape index (κ3) is 6.65. The molecule has 8 heteroatoms. The van der Waals surface area contributed by atoms with Crippen molar-refractivity contribution in [2.75, 3.05) is 19.6 Å². The number of amides is 2. The molecule has 2 unspecified atom stereocenters. The summed E-state index contributed by atoms with van der Waals surface area (Å²) in [4.78, 5) is 41.7. The summed E-state index contributed by atoms with van der Waals surface area (Å²) >= 11 is 0. The number of hydrogen-bond donors (Lipinski definition) is 1. The number of nitrogens with zero attached hydrogens (tertiary/aromatic N) is 1. The number of benzene rings is 2. The van der Waals surface area contributed by atoms with Crippen molar-refractivity contribution in [2.45, 2.75) is 52.6 Å². The van der Waals surface area contributed by atoms with Crippen LogP contribution in [0.5, 0.6) is 0 Å². The Morgan fingerprint density at radius 1 is 1.13 bits per heavy atom. The van der Waals surface area contributed by atoms with Crippen LogP contribution < -0.4 is 5.32 Å². The van der Waals surface area contributed by atoms with Crippen LogP contribution in [0, 0.1) is 23.0 Å². The Balaban J connectivity index is 1.80. The summed E-state index contributed by atoms with van der Waals surface area (Å²) in [6.45, 7) is 12.1. The normalized spacial score (nSPS) is 18.3. The summed E-state index contributed by atoms with van der Waals surface area (Å²) in [6.07, 6.45) is 1.19. The van der Waals surface area contributed by atoms with Crippen molar-refractivity contribution in [3.63, 3.8) is 0 Å². The number of likely N-dealkylation sites (tertiary alicyclic amines) is 1. The van der Waals surface area contributed by atoms with E-state index in [1.807, 2.05) is 30.3 Å². The lowest BCUT2D eigenvalue weighted by Gasteiger charge is -2.37. The Morgan fingerprint density at radius 3 is 2.42 bits per heavy atom. The fourth-order valence-corrected chi connectivity index (χ4v) is 4.95. The van der Waals surface area contributed by atoms with E-state index in [2.05, 4.69) is 11.9 Å². The van der Waals surface area contributed by atoms with Crippen LogP contribution in [0.25, 0.3) is 0 Å². The number of carbonyl (C=O) groups is 3. The van der Waals surface area contributed by atoms with Gasteiger partial charge in [-0.15, -0.1) is 0 Å². The summed E-state index contributed by atoms with van der Waals surface area (Å²) in [5.74, 6) is -4.40. The highest BCUT2D eigenvalue weighted by Gasteiger charge is 2.55. The van der Waals surface area contributed by atoms with Crippen LogP contribution in [0.3, 0.4) is 0 Å². The second-order valence-electron chi connectivity index (χ2n) is 10.8. The highest BCUT2D eigenvalue weighted by atomic mass is 19.2. The van der Waals surface area contributed by atoms with Gasteiger partial charge in [-0.3, -0.25) is 14.4 Å². The van der Waals surface area contributed by atoms with Gasteiger partial charge in [0.1, 0.15) is 5.60 Å². The van der Waals surface area contributed by atoms with Crippen molar-refractivity contribution < 1.29 is 27.9 Å². The van der Waals surface area contributed by atoms with Crippen molar-refractivity contribution >= 4 is 17.8 Å². The molecule has 0 bridgehead atoms. The van der Waals surface area contributed by atoms with Gasteiger partial charge in [-0.25, -0.2) is 8.78 Å². The highest BCUT2D eigenvalue weighted by Crippen LogP contribution is 2.47. The average Bonchev–Trinajstić information content (AvgIpc) is 3.18. The third-order valence-electron chi connectivity index (χ3n) is 6.91. The van der Waals surface area contributed by atoms with Gasteiger partial charge in [-0.05, 0) is 70.7 Å². The number of hydrogen-bond acceptors (Lipinski definition) is 4. The van der Waals surface area contributed by atoms with Gasteiger partial charge in [-0.1, -0.05) is 42.5 Å². The van der Waals surface area contributed by atoms with E-state index in [4.69, 9.17) is 4.74 Å². The standard InChI is InChI=1S/C30H36F2N2O4/c1-20(2)30(15-18-34(28(30)37)17-14-21-9-7-6-8-10-21)23(27(36)38-29(3,4)5)13-16-33-26(35)22-11-12-24(31)25(32)19-22/h6-12,19,23H,1,13-18H2,2-5H3,(H,33,35). The maximum Gasteiger partial charge on any atom is 0.310 e. The second kappa shape index (κ2) is 11.9. The lowest BCUT2D eigenvalue weighted by Crippen LogP contribution is -2.47. The second-order valence-corrected chi connectivity index (χ2v) is 10.8. The van der Waals surface area contributed by atoms with Gasteiger partial charge in [0.2, 0.25) is 5.91 Å². The zero-order valence-corrected chi connectivity index (χ0v) is 22.5. The van der Waals surface area contributed by atoms with Gasteiger partial charge in [0.15, 0.2) is 11.6 Å². The molecule has 1 heterocycles. The quantitative estimate of drug-likeness (QED) is 0.346. The molecule has 1 aliphatic rings. The molecule has 0 aliphatic carbocycles. The molecule has 0 radical (unpaired) electrons. The first-order chi connectivity index (χ1) is 17.8. The highest BCUT2D eigenvalue weighted by molar-refractivity contribution is 5.95. The molecule has 38 heavy (non-hydrogen) atoms. The molecule has 2 atom stereocenters. The fourth-order valence-electron chi connectivity index (χ4n) is 4.95. The average molecular weight is 527 g/mol. The summed E-state index contributed by atoms with van der Waals surface area (Å²) in [5.41, 5.74) is -0.332. The Bertz CT molecular complexity index is 1190. The van der Waals surface area contributed by atoms with Crippen LogP contribution in [-0.4, -0.2) is 47.9 Å². The molecule has 2 amide bonds. The summed E-state index contributed by atoms with van der Waals surface area (Å²) in [6, 6.07) is 12.7. The van der Waals surface area contributed by atoms with Gasteiger partial charge in [0.25, 0.3) is 5.91 Å². The predicted octanol–water partition coefficient (Wildman–Crippen LogP) is 5.08. The van der Waals surface area contributed by atoms with Crippen LogP contribution in [0.15, 0.2) is 60.7 Å². The first-order valence-electron chi connectivity index (χ1n) is 12.8. The molecule has 2 aromatic carbocycles. The van der Waals surface area contributed by atoms with Crippen LogP contribution in [0.1, 0.15) is 56.5 Å². The van der Waals surface area contributed by atoms with Gasteiger partial charge in [0.05, 0.1) is 11.3 Å². The van der Waals surface area contributed by atoms with Crippen molar-refractivity contribution in [1.29, 1.82) is 0 Å². The fraction of sp³-hybridized carbons (Fsp3) is 0.433. The van der Waals surface area contributed by atoms with Gasteiger partial charge < -0.3 is 15.0 Å². The molecule has 1 fully saturated rings. The van der Waals surface area contributed by atoms with E-state index in [1.54, 1.807) is 32.6 Å². The molecule has 0 aromatic heterocycles. The maximum absolute atomic E-state index is 13.9. The Kier molecular flexibility index (Phi) is 9.07. The predicted molar refractivity (Wildman–Crippen MR) is 141 cm³/mol. The zero-order chi connectivity index (χ0) is 28.1. The van der Waals surface area contributed by atoms with Gasteiger partial charge >= 0.3 is 5.97 Å². The number of ether oxygens (including phenoxy) is 1. The van der Waals surface area contributed by atoms with Gasteiger partial charge in [0, 0.05) is 25.2 Å². The van der Waals surface area contributed by atoms with Crippen LogP contribution in [-0.2, 0) is 20.7 Å². The van der Waals surface area contributed by atoms with E-state index < -0.39 is 40.4 Å². The molecule has 2 aromatic rings. The lowest BCUT2D eigenvalue weighted by atomic mass is 9.68. The maximum atomic E-state index is 13.9. The van der Waals surface area contributed by atoms with Crippen molar-refractivity contribution in [3.8, 4) is 0 Å². The summed E-state index contributed by atoms with van der Waals surface area (Å²) < 4.78 is 32.5. The summed E-state index contributed by atoms with van der Waals surface area (Å²) in [5, 5.41) is 2.66. The number of rotatable bonds is 10. The molecule has 6 nitrogen and oxygen atoms in total. The third-order valence-corrected chi connectivity index (χ3v) is 6.91. The first kappa shape index (κ1) is 29.0. The first-order valence-corrected chi connectivity index (χ1v) is 12.8. The van der Waals surface area contributed by atoms with E-state index in [0.717, 1.165) is 17.7 Å². The van der Waals surface area contributed by atoms with Crippen molar-refractivity contribution in [2.24, 2.45) is 11.3 Å². The minimum Gasteiger partial charge on any atom is -0.460 e. The molecular weight excluding hydrogens is 490 g/mol. The molecule has 1 saturated heterocycles. The van der Waals surface area contributed by atoms with Crippen molar-refractivity contribution in [3.05, 3.63) is 83.4 Å². The number of halogens is 2. The minimum atomic E-state index is -1.17. The van der Waals surface area contributed by atoms with Gasteiger partial charge in [-0.2, -0.15) is 0 Å². The number of carbonyl (C=O) groups excluding carboxylic acids is 3. The smallest absolute Gasteiger partial charge is 0.310 e. The topological polar surface area (TPSA) is 75.7 Å². The molecule has 3 rings (SSSR count).